The van der Waals surface area contributed by atoms with Crippen LogP contribution in [0, 0.1) is 0 Å². The van der Waals surface area contributed by atoms with Gasteiger partial charge in [-0.25, -0.2) is 5.14 Å². The van der Waals surface area contributed by atoms with Crippen LogP contribution in [-0.2, 0) is 10.2 Å². The van der Waals surface area contributed by atoms with Gasteiger partial charge in [0.2, 0.25) is 0 Å². The summed E-state index contributed by atoms with van der Waals surface area (Å²) in [4.78, 5) is 11.7. The molecule has 1 amide bonds. The molecule has 0 aliphatic heterocycles. The number of nitrogens with one attached hydrogen (secondary N) is 3. The number of hydrogen-bond acceptors (Lipinski definition) is 5. The van der Waals surface area contributed by atoms with Gasteiger partial charge in [0.15, 0.2) is 5.69 Å². The van der Waals surface area contributed by atoms with Crippen molar-refractivity contribution in [3.05, 3.63) is 36.2 Å². The standard InChI is InChI=1S/C9H10N6O3S/c10-19(17,18)14-7-3-1-2-6(4-7)12-9(16)8-5-11-15-13-8/h1-5,14H,(H,12,16)(H2,10,17,18)(H,11,13,15). The first-order valence-corrected chi connectivity index (χ1v) is 6.56. The van der Waals surface area contributed by atoms with Gasteiger partial charge >= 0.3 is 0 Å². The molecule has 0 atom stereocenters. The van der Waals surface area contributed by atoms with Crippen molar-refractivity contribution < 1.29 is 13.2 Å². The molecule has 0 spiro atoms. The zero-order valence-corrected chi connectivity index (χ0v) is 10.3. The molecule has 0 aliphatic rings. The number of H-pyrrole nitrogens is 1. The number of rotatable bonds is 4. The molecule has 1 aromatic carbocycles. The van der Waals surface area contributed by atoms with E-state index in [-0.39, 0.29) is 11.4 Å². The third-order valence-corrected chi connectivity index (χ3v) is 2.55. The number of hydrogen-bond donors (Lipinski definition) is 4. The molecular formula is C9H10N6O3S. The molecule has 100 valence electrons. The van der Waals surface area contributed by atoms with Crippen LogP contribution in [0.1, 0.15) is 10.5 Å². The van der Waals surface area contributed by atoms with Crippen LogP contribution in [0.2, 0.25) is 0 Å². The summed E-state index contributed by atoms with van der Waals surface area (Å²) >= 11 is 0. The van der Waals surface area contributed by atoms with Crippen molar-refractivity contribution in [3.8, 4) is 0 Å². The highest BCUT2D eigenvalue weighted by atomic mass is 32.2. The molecule has 9 nitrogen and oxygen atoms in total. The van der Waals surface area contributed by atoms with Crippen LogP contribution >= 0.6 is 0 Å². The summed E-state index contributed by atoms with van der Waals surface area (Å²) in [6.07, 6.45) is 1.27. The minimum absolute atomic E-state index is 0.116. The Hall–Kier alpha value is -2.46. The Morgan fingerprint density at radius 1 is 1.32 bits per heavy atom. The molecule has 2 rings (SSSR count). The number of carbonyl (C=O) groups is 1. The van der Waals surface area contributed by atoms with E-state index in [1.165, 1.54) is 18.3 Å². The average molecular weight is 282 g/mol. The maximum Gasteiger partial charge on any atom is 0.296 e. The van der Waals surface area contributed by atoms with E-state index in [0.717, 1.165) is 0 Å². The second-order valence-corrected chi connectivity index (χ2v) is 4.83. The first-order valence-electron chi connectivity index (χ1n) is 5.02. The van der Waals surface area contributed by atoms with Gasteiger partial charge in [-0.2, -0.15) is 23.8 Å². The van der Waals surface area contributed by atoms with Crippen molar-refractivity contribution >= 4 is 27.5 Å². The molecule has 2 aromatic rings. The van der Waals surface area contributed by atoms with E-state index >= 15 is 0 Å². The minimum Gasteiger partial charge on any atom is -0.320 e. The number of carbonyl (C=O) groups excluding carboxylic acids is 1. The maximum atomic E-state index is 11.7. The van der Waals surface area contributed by atoms with Gasteiger partial charge in [-0.05, 0) is 18.2 Å². The zero-order chi connectivity index (χ0) is 13.9. The first-order chi connectivity index (χ1) is 8.94. The Balaban J connectivity index is 2.13. The fraction of sp³-hybridized carbons (Fsp3) is 0. The van der Waals surface area contributed by atoms with E-state index in [2.05, 4.69) is 25.4 Å². The Kier molecular flexibility index (Phi) is 3.44. The van der Waals surface area contributed by atoms with Crippen molar-refractivity contribution in [2.75, 3.05) is 10.0 Å². The van der Waals surface area contributed by atoms with Gasteiger partial charge in [-0.15, -0.1) is 0 Å². The molecule has 0 saturated heterocycles. The SMILES string of the molecule is NS(=O)(=O)Nc1cccc(NC(=O)c2cn[nH]n2)c1. The van der Waals surface area contributed by atoms with E-state index in [1.807, 2.05) is 0 Å². The molecule has 5 N–H and O–H groups in total. The second-order valence-electron chi connectivity index (χ2n) is 3.54. The number of nitrogens with zero attached hydrogens (tertiary/aromatic N) is 2. The molecule has 1 aromatic heterocycles. The highest BCUT2D eigenvalue weighted by Gasteiger charge is 2.09. The third kappa shape index (κ3) is 3.76. The van der Waals surface area contributed by atoms with E-state index in [1.54, 1.807) is 12.1 Å². The first kappa shape index (κ1) is 13.0. The number of amides is 1. The van der Waals surface area contributed by atoms with Crippen LogP contribution < -0.4 is 15.2 Å². The lowest BCUT2D eigenvalue weighted by atomic mass is 10.3. The van der Waals surface area contributed by atoms with Crippen LogP contribution in [-0.4, -0.2) is 29.7 Å². The normalized spacial score (nSPS) is 11.0. The molecule has 0 saturated carbocycles. The topological polar surface area (TPSA) is 143 Å². The predicted octanol–water partition coefficient (Wildman–Crippen LogP) is -0.328. The lowest BCUT2D eigenvalue weighted by Gasteiger charge is -2.07. The van der Waals surface area contributed by atoms with Crippen LogP contribution in [0.15, 0.2) is 30.5 Å². The lowest BCUT2D eigenvalue weighted by Crippen LogP contribution is -2.21. The van der Waals surface area contributed by atoms with E-state index in [4.69, 9.17) is 5.14 Å². The van der Waals surface area contributed by atoms with E-state index < -0.39 is 16.1 Å². The Bertz CT molecular complexity index is 682. The number of benzene rings is 1. The van der Waals surface area contributed by atoms with Gasteiger partial charge in [-0.1, -0.05) is 6.07 Å². The molecule has 0 bridgehead atoms. The molecule has 1 heterocycles. The number of nitrogens with two attached hydrogens (primary N) is 1. The molecule has 10 heteroatoms. The van der Waals surface area contributed by atoms with Crippen LogP contribution in [0.4, 0.5) is 11.4 Å². The van der Waals surface area contributed by atoms with Crippen LogP contribution in [0.3, 0.4) is 0 Å². The van der Waals surface area contributed by atoms with Crippen LogP contribution in [0.25, 0.3) is 0 Å². The fourth-order valence-corrected chi connectivity index (χ4v) is 1.79. The van der Waals surface area contributed by atoms with Gasteiger partial charge in [0.1, 0.15) is 0 Å². The highest BCUT2D eigenvalue weighted by Crippen LogP contribution is 2.16. The molecule has 0 fully saturated rings. The number of aromatic nitrogens is 3. The van der Waals surface area contributed by atoms with Crippen molar-refractivity contribution in [1.82, 2.24) is 15.4 Å². The van der Waals surface area contributed by atoms with Gasteiger partial charge < -0.3 is 5.32 Å². The van der Waals surface area contributed by atoms with Crippen molar-refractivity contribution in [2.45, 2.75) is 0 Å². The summed E-state index contributed by atoms with van der Waals surface area (Å²) in [6, 6.07) is 6.07. The summed E-state index contributed by atoms with van der Waals surface area (Å²) in [5, 5.41) is 16.8. The Morgan fingerprint density at radius 3 is 2.68 bits per heavy atom. The molecule has 0 radical (unpaired) electrons. The van der Waals surface area contributed by atoms with E-state index in [9.17, 15) is 13.2 Å². The van der Waals surface area contributed by atoms with Gasteiger partial charge in [-0.3, -0.25) is 9.52 Å². The van der Waals surface area contributed by atoms with Gasteiger partial charge in [0.05, 0.1) is 11.9 Å². The second kappa shape index (κ2) is 5.04. The highest BCUT2D eigenvalue weighted by molar-refractivity contribution is 7.90. The van der Waals surface area contributed by atoms with Crippen molar-refractivity contribution in [2.24, 2.45) is 5.14 Å². The zero-order valence-electron chi connectivity index (χ0n) is 9.49. The van der Waals surface area contributed by atoms with Crippen LogP contribution in [0.5, 0.6) is 0 Å². The monoisotopic (exact) mass is 282 g/mol. The Morgan fingerprint density at radius 2 is 2.05 bits per heavy atom. The third-order valence-electron chi connectivity index (χ3n) is 2.03. The molecule has 0 aliphatic carbocycles. The Labute approximate surface area is 108 Å². The molecular weight excluding hydrogens is 272 g/mol. The fourth-order valence-electron chi connectivity index (χ4n) is 1.33. The summed E-state index contributed by atoms with van der Waals surface area (Å²) in [7, 11) is -3.86. The summed E-state index contributed by atoms with van der Waals surface area (Å²) in [5.74, 6) is -0.471. The van der Waals surface area contributed by atoms with E-state index in [0.29, 0.717) is 5.69 Å². The average Bonchev–Trinajstić information content (AvgIpc) is 2.80. The predicted molar refractivity (Wildman–Crippen MR) is 67.5 cm³/mol. The summed E-state index contributed by atoms with van der Waals surface area (Å²) < 4.78 is 23.8. The smallest absolute Gasteiger partial charge is 0.296 e. The van der Waals surface area contributed by atoms with Gasteiger partial charge in [0, 0.05) is 5.69 Å². The van der Waals surface area contributed by atoms with Crippen molar-refractivity contribution in [1.29, 1.82) is 0 Å². The number of aromatic amines is 1. The molecule has 19 heavy (non-hydrogen) atoms. The number of anilines is 2. The minimum atomic E-state index is -3.86. The van der Waals surface area contributed by atoms with Gasteiger partial charge in [0.25, 0.3) is 16.1 Å². The quantitative estimate of drug-likeness (QED) is 0.607. The molecule has 0 unspecified atom stereocenters. The van der Waals surface area contributed by atoms with Crippen molar-refractivity contribution in [3.63, 3.8) is 0 Å². The summed E-state index contributed by atoms with van der Waals surface area (Å²) in [5.41, 5.74) is 0.743. The lowest BCUT2D eigenvalue weighted by molar-refractivity contribution is 0.102. The largest absolute Gasteiger partial charge is 0.320 e. The maximum absolute atomic E-state index is 11.7. The summed E-state index contributed by atoms with van der Waals surface area (Å²) in [6.45, 7) is 0.